The van der Waals surface area contributed by atoms with Crippen molar-refractivity contribution in [3.63, 3.8) is 0 Å². The van der Waals surface area contributed by atoms with E-state index >= 15 is 0 Å². The molecule has 0 amide bonds. The SMILES string of the molecule is CCN(CCc1ccncc1)Cc1ccc(OCc2cccs2)c(OC)c1. The average Bonchev–Trinajstić information content (AvgIpc) is 3.24. The Labute approximate surface area is 165 Å². The molecular formula is C22H26N2O2S. The smallest absolute Gasteiger partial charge is 0.161 e. The van der Waals surface area contributed by atoms with Crippen LogP contribution < -0.4 is 9.47 Å². The third-order valence-corrected chi connectivity index (χ3v) is 5.35. The fourth-order valence-electron chi connectivity index (χ4n) is 2.92. The Hall–Kier alpha value is -2.37. The number of nitrogens with zero attached hydrogens (tertiary/aromatic N) is 2. The summed E-state index contributed by atoms with van der Waals surface area (Å²) in [4.78, 5) is 7.72. The molecule has 2 aromatic heterocycles. The van der Waals surface area contributed by atoms with Crippen molar-refractivity contribution in [2.45, 2.75) is 26.5 Å². The predicted molar refractivity (Wildman–Crippen MR) is 111 cm³/mol. The Morgan fingerprint density at radius 1 is 1.04 bits per heavy atom. The molecule has 5 heteroatoms. The quantitative estimate of drug-likeness (QED) is 0.505. The normalized spacial score (nSPS) is 10.9. The van der Waals surface area contributed by atoms with E-state index in [0.717, 1.165) is 37.6 Å². The zero-order valence-corrected chi connectivity index (χ0v) is 16.7. The fraction of sp³-hybridized carbons (Fsp3) is 0.318. The fourth-order valence-corrected chi connectivity index (χ4v) is 3.53. The van der Waals surface area contributed by atoms with E-state index in [9.17, 15) is 0 Å². The Morgan fingerprint density at radius 3 is 2.59 bits per heavy atom. The van der Waals surface area contributed by atoms with Gasteiger partial charge in [0.15, 0.2) is 11.5 Å². The first kappa shape index (κ1) is 19.4. The Morgan fingerprint density at radius 2 is 1.89 bits per heavy atom. The first-order chi connectivity index (χ1) is 13.3. The monoisotopic (exact) mass is 382 g/mol. The highest BCUT2D eigenvalue weighted by atomic mass is 32.1. The minimum atomic E-state index is 0.570. The number of benzene rings is 1. The van der Waals surface area contributed by atoms with Gasteiger partial charge in [-0.2, -0.15) is 0 Å². The largest absolute Gasteiger partial charge is 0.493 e. The number of thiophene rings is 1. The molecule has 2 heterocycles. The lowest BCUT2D eigenvalue weighted by molar-refractivity contribution is 0.278. The van der Waals surface area contributed by atoms with Crippen molar-refractivity contribution in [3.05, 3.63) is 76.2 Å². The lowest BCUT2D eigenvalue weighted by atomic mass is 10.1. The van der Waals surface area contributed by atoms with E-state index in [0.29, 0.717) is 6.61 Å². The molecule has 0 fully saturated rings. The van der Waals surface area contributed by atoms with Crippen LogP contribution in [0.3, 0.4) is 0 Å². The summed E-state index contributed by atoms with van der Waals surface area (Å²) in [7, 11) is 1.69. The lowest BCUT2D eigenvalue weighted by Gasteiger charge is -2.21. The minimum absolute atomic E-state index is 0.570. The number of likely N-dealkylation sites (N-methyl/N-ethyl adjacent to an activating group) is 1. The van der Waals surface area contributed by atoms with Gasteiger partial charge in [-0.1, -0.05) is 19.1 Å². The van der Waals surface area contributed by atoms with Crippen molar-refractivity contribution < 1.29 is 9.47 Å². The van der Waals surface area contributed by atoms with Crippen LogP contribution in [0.15, 0.2) is 60.2 Å². The Bertz CT molecular complexity index is 806. The molecule has 0 bridgehead atoms. The van der Waals surface area contributed by atoms with Crippen molar-refractivity contribution in [2.75, 3.05) is 20.2 Å². The van der Waals surface area contributed by atoms with E-state index < -0.39 is 0 Å². The topological polar surface area (TPSA) is 34.6 Å². The molecule has 0 spiro atoms. The summed E-state index contributed by atoms with van der Waals surface area (Å²) in [6.07, 6.45) is 4.73. The zero-order valence-electron chi connectivity index (χ0n) is 15.9. The van der Waals surface area contributed by atoms with Crippen LogP contribution in [-0.4, -0.2) is 30.1 Å². The van der Waals surface area contributed by atoms with Crippen LogP contribution >= 0.6 is 11.3 Å². The molecule has 0 radical (unpaired) electrons. The summed E-state index contributed by atoms with van der Waals surface area (Å²) >= 11 is 1.70. The summed E-state index contributed by atoms with van der Waals surface area (Å²) in [5, 5.41) is 2.06. The highest BCUT2D eigenvalue weighted by Gasteiger charge is 2.10. The molecule has 1 aromatic carbocycles. The Kier molecular flexibility index (Phi) is 7.25. The predicted octanol–water partition coefficient (Wildman–Crippen LogP) is 4.80. The van der Waals surface area contributed by atoms with Gasteiger partial charge < -0.3 is 9.47 Å². The molecule has 0 aliphatic carbocycles. The molecule has 27 heavy (non-hydrogen) atoms. The van der Waals surface area contributed by atoms with Crippen molar-refractivity contribution in [1.29, 1.82) is 0 Å². The third kappa shape index (κ3) is 5.81. The standard InChI is InChI=1S/C22H26N2O2S/c1-3-24(13-10-18-8-11-23-12-9-18)16-19-6-7-21(22(15-19)25-2)26-17-20-5-4-14-27-20/h4-9,11-12,14-15H,3,10,13,16-17H2,1-2H3. The van der Waals surface area contributed by atoms with Crippen LogP contribution in [0.5, 0.6) is 11.5 Å². The van der Waals surface area contributed by atoms with Gasteiger partial charge in [-0.3, -0.25) is 9.88 Å². The van der Waals surface area contributed by atoms with E-state index in [4.69, 9.17) is 9.47 Å². The maximum atomic E-state index is 5.93. The van der Waals surface area contributed by atoms with Gasteiger partial charge in [0.25, 0.3) is 0 Å². The zero-order chi connectivity index (χ0) is 18.9. The van der Waals surface area contributed by atoms with Gasteiger partial charge in [-0.15, -0.1) is 11.3 Å². The van der Waals surface area contributed by atoms with Crippen LogP contribution in [0.2, 0.25) is 0 Å². The van der Waals surface area contributed by atoms with E-state index in [1.54, 1.807) is 18.4 Å². The van der Waals surface area contributed by atoms with Gasteiger partial charge in [0.05, 0.1) is 7.11 Å². The molecular weight excluding hydrogens is 356 g/mol. The molecule has 3 aromatic rings. The van der Waals surface area contributed by atoms with Gasteiger partial charge in [-0.25, -0.2) is 0 Å². The summed E-state index contributed by atoms with van der Waals surface area (Å²) < 4.78 is 11.5. The van der Waals surface area contributed by atoms with Crippen LogP contribution in [0.4, 0.5) is 0 Å². The van der Waals surface area contributed by atoms with Crippen LogP contribution in [0, 0.1) is 0 Å². The van der Waals surface area contributed by atoms with E-state index in [-0.39, 0.29) is 0 Å². The lowest BCUT2D eigenvalue weighted by Crippen LogP contribution is -2.25. The molecule has 4 nitrogen and oxygen atoms in total. The highest BCUT2D eigenvalue weighted by Crippen LogP contribution is 2.29. The molecule has 0 saturated carbocycles. The summed E-state index contributed by atoms with van der Waals surface area (Å²) in [6.45, 7) is 5.68. The van der Waals surface area contributed by atoms with Crippen LogP contribution in [0.1, 0.15) is 22.9 Å². The first-order valence-electron chi connectivity index (χ1n) is 9.22. The molecule has 0 aliphatic rings. The number of aromatic nitrogens is 1. The van der Waals surface area contributed by atoms with Gasteiger partial charge >= 0.3 is 0 Å². The maximum Gasteiger partial charge on any atom is 0.161 e. The molecule has 0 unspecified atom stereocenters. The average molecular weight is 383 g/mol. The molecule has 0 saturated heterocycles. The number of rotatable bonds is 10. The van der Waals surface area contributed by atoms with Gasteiger partial charge in [0.1, 0.15) is 6.61 Å². The molecule has 0 aliphatic heterocycles. The molecule has 142 valence electrons. The molecule has 3 rings (SSSR count). The third-order valence-electron chi connectivity index (χ3n) is 4.50. The molecule has 0 atom stereocenters. The van der Waals surface area contributed by atoms with E-state index in [1.165, 1.54) is 16.0 Å². The summed E-state index contributed by atoms with van der Waals surface area (Å²) in [5.74, 6) is 1.57. The first-order valence-corrected chi connectivity index (χ1v) is 10.1. The van der Waals surface area contributed by atoms with Crippen molar-refractivity contribution in [3.8, 4) is 11.5 Å². The van der Waals surface area contributed by atoms with Crippen molar-refractivity contribution in [1.82, 2.24) is 9.88 Å². The number of ether oxygens (including phenoxy) is 2. The van der Waals surface area contributed by atoms with Gasteiger partial charge in [0.2, 0.25) is 0 Å². The van der Waals surface area contributed by atoms with Gasteiger partial charge in [0, 0.05) is 30.4 Å². The number of pyridine rings is 1. The number of methoxy groups -OCH3 is 1. The van der Waals surface area contributed by atoms with Crippen molar-refractivity contribution in [2.24, 2.45) is 0 Å². The van der Waals surface area contributed by atoms with Crippen LogP contribution in [0.25, 0.3) is 0 Å². The summed E-state index contributed by atoms with van der Waals surface area (Å²) in [5.41, 5.74) is 2.55. The van der Waals surface area contributed by atoms with Gasteiger partial charge in [-0.05, 0) is 59.8 Å². The molecule has 0 N–H and O–H groups in total. The second-order valence-electron chi connectivity index (χ2n) is 6.33. The maximum absolute atomic E-state index is 5.93. The number of hydrogen-bond donors (Lipinski definition) is 0. The minimum Gasteiger partial charge on any atom is -0.493 e. The summed E-state index contributed by atoms with van der Waals surface area (Å²) in [6, 6.07) is 14.5. The van der Waals surface area contributed by atoms with E-state index in [2.05, 4.69) is 52.5 Å². The van der Waals surface area contributed by atoms with Crippen molar-refractivity contribution >= 4 is 11.3 Å². The second kappa shape index (κ2) is 10.1. The highest BCUT2D eigenvalue weighted by molar-refractivity contribution is 7.09. The van der Waals surface area contributed by atoms with E-state index in [1.807, 2.05) is 24.5 Å². The number of hydrogen-bond acceptors (Lipinski definition) is 5. The van der Waals surface area contributed by atoms with Crippen LogP contribution in [-0.2, 0) is 19.6 Å². The second-order valence-corrected chi connectivity index (χ2v) is 7.36. The Balaban J connectivity index is 1.59.